The maximum atomic E-state index is 12.7. The summed E-state index contributed by atoms with van der Waals surface area (Å²) < 4.78 is 0. The molecule has 0 aliphatic rings. The third-order valence-electron chi connectivity index (χ3n) is 5.13. The first-order chi connectivity index (χ1) is 15.7. The van der Waals surface area contributed by atoms with Crippen molar-refractivity contribution in [3.8, 4) is 45.4 Å². The fourth-order valence-electron chi connectivity index (χ4n) is 3.29. The smallest absolute Gasteiger partial charge is 0.872 e. The molecule has 0 spiro atoms. The zero-order chi connectivity index (χ0) is 24.1. The van der Waals surface area contributed by atoms with Crippen LogP contribution in [0.25, 0.3) is 33.9 Å². The van der Waals surface area contributed by atoms with E-state index in [4.69, 9.17) is 9.90 Å². The molecule has 172 valence electrons. The van der Waals surface area contributed by atoms with Crippen LogP contribution in [0.5, 0.6) is 11.5 Å². The minimum Gasteiger partial charge on any atom is -0.872 e. The molecule has 0 fully saturated rings. The van der Waals surface area contributed by atoms with E-state index in [0.29, 0.717) is 33.9 Å². The molecule has 0 radical (unpaired) electrons. The monoisotopic (exact) mass is 494 g/mol. The summed E-state index contributed by atoms with van der Waals surface area (Å²) in [5.74, 6) is -1.14. The number of hydrogen-bond acceptors (Lipinski definition) is 6. The van der Waals surface area contributed by atoms with Gasteiger partial charge >= 0.3 is 17.1 Å². The van der Waals surface area contributed by atoms with Gasteiger partial charge in [0.15, 0.2) is 0 Å². The molecule has 0 saturated heterocycles. The van der Waals surface area contributed by atoms with Crippen LogP contribution in [0, 0.1) is 20.8 Å². The van der Waals surface area contributed by atoms with E-state index in [1.54, 1.807) is 12.1 Å². The SMILES string of the molecule is CC(=O)[O-].Cc1ccc(-c2cccc(-c3cccc(-c4ccc(C)c(C)c4[O-])n3)n2)c([O-])c1.[Mn+3]. The Balaban J connectivity index is 0.000000758. The number of carboxylic acids is 1. The second-order valence-corrected chi connectivity index (χ2v) is 7.69. The number of pyridine rings is 2. The number of nitrogens with zero attached hydrogens (tertiary/aromatic N) is 2. The van der Waals surface area contributed by atoms with Crippen LogP contribution >= 0.6 is 0 Å². The van der Waals surface area contributed by atoms with Crippen molar-refractivity contribution in [3.63, 3.8) is 0 Å². The number of carboxylic acid groups (broad SMARTS) is 1. The Morgan fingerprint density at radius 2 is 1.21 bits per heavy atom. The average Bonchev–Trinajstić information content (AvgIpc) is 2.77. The van der Waals surface area contributed by atoms with Crippen LogP contribution in [0.2, 0.25) is 0 Å². The van der Waals surface area contributed by atoms with E-state index >= 15 is 0 Å². The average molecular weight is 494 g/mol. The van der Waals surface area contributed by atoms with Crippen LogP contribution in [0.1, 0.15) is 23.6 Å². The summed E-state index contributed by atoms with van der Waals surface area (Å²) >= 11 is 0. The number of aromatic nitrogens is 2. The van der Waals surface area contributed by atoms with E-state index in [0.717, 1.165) is 23.6 Å². The first kappa shape index (κ1) is 26.6. The van der Waals surface area contributed by atoms with Gasteiger partial charge in [0, 0.05) is 5.97 Å². The topological polar surface area (TPSA) is 112 Å². The summed E-state index contributed by atoms with van der Waals surface area (Å²) in [7, 11) is 0. The van der Waals surface area contributed by atoms with Gasteiger partial charge in [-0.2, -0.15) is 0 Å². The molecule has 0 bridgehead atoms. The van der Waals surface area contributed by atoms with E-state index in [1.165, 1.54) is 0 Å². The van der Waals surface area contributed by atoms with Crippen LogP contribution < -0.4 is 15.3 Å². The minimum atomic E-state index is -1.08. The van der Waals surface area contributed by atoms with Crippen LogP contribution in [0.4, 0.5) is 0 Å². The van der Waals surface area contributed by atoms with Gasteiger partial charge in [-0.25, -0.2) is 9.97 Å². The number of hydrogen-bond donors (Lipinski definition) is 0. The Bertz CT molecular complexity index is 1320. The van der Waals surface area contributed by atoms with Gasteiger partial charge in [-0.05, 0) is 68.7 Å². The molecule has 0 amide bonds. The normalized spacial score (nSPS) is 10.0. The second-order valence-electron chi connectivity index (χ2n) is 7.69. The number of carbonyl (C=O) groups excluding carboxylic acids is 1. The predicted molar refractivity (Wildman–Crippen MR) is 122 cm³/mol. The third-order valence-corrected chi connectivity index (χ3v) is 5.13. The molecule has 0 aliphatic carbocycles. The van der Waals surface area contributed by atoms with Gasteiger partial charge in [-0.3, -0.25) is 0 Å². The third kappa shape index (κ3) is 6.22. The Labute approximate surface area is 209 Å². The van der Waals surface area contributed by atoms with E-state index in [-0.39, 0.29) is 28.6 Å². The number of carbonyl (C=O) groups is 1. The molecular formula is C27H23MnN2O4. The summed E-state index contributed by atoms with van der Waals surface area (Å²) in [5.41, 5.74) is 6.29. The molecule has 2 heterocycles. The fraction of sp³-hybridized carbons (Fsp3) is 0.148. The van der Waals surface area contributed by atoms with Crippen molar-refractivity contribution < 1.29 is 37.2 Å². The van der Waals surface area contributed by atoms with E-state index < -0.39 is 5.97 Å². The maximum absolute atomic E-state index is 12.7. The fourth-order valence-corrected chi connectivity index (χ4v) is 3.29. The number of aliphatic carboxylic acids is 1. The largest absolute Gasteiger partial charge is 3.00 e. The van der Waals surface area contributed by atoms with Crippen LogP contribution in [-0.2, 0) is 21.9 Å². The van der Waals surface area contributed by atoms with Gasteiger partial charge in [0.2, 0.25) is 0 Å². The molecule has 4 rings (SSSR count). The molecule has 0 saturated carbocycles. The first-order valence-corrected chi connectivity index (χ1v) is 10.3. The van der Waals surface area contributed by atoms with Crippen molar-refractivity contribution in [1.82, 2.24) is 9.97 Å². The van der Waals surface area contributed by atoms with E-state index in [9.17, 15) is 10.2 Å². The van der Waals surface area contributed by atoms with Gasteiger partial charge in [-0.1, -0.05) is 65.1 Å². The minimum absolute atomic E-state index is 0. The van der Waals surface area contributed by atoms with Crippen molar-refractivity contribution in [2.24, 2.45) is 0 Å². The molecule has 34 heavy (non-hydrogen) atoms. The Kier molecular flexibility index (Phi) is 8.96. The van der Waals surface area contributed by atoms with Crippen LogP contribution in [0.3, 0.4) is 0 Å². The van der Waals surface area contributed by atoms with Crippen molar-refractivity contribution in [3.05, 3.63) is 83.4 Å². The van der Waals surface area contributed by atoms with Crippen molar-refractivity contribution in [2.75, 3.05) is 0 Å². The van der Waals surface area contributed by atoms with Crippen molar-refractivity contribution >= 4 is 5.97 Å². The maximum Gasteiger partial charge on any atom is 3.00 e. The van der Waals surface area contributed by atoms with Crippen molar-refractivity contribution in [2.45, 2.75) is 27.7 Å². The van der Waals surface area contributed by atoms with Gasteiger partial charge in [-0.15, -0.1) is 0 Å². The molecular weight excluding hydrogens is 471 g/mol. The summed E-state index contributed by atoms with van der Waals surface area (Å²) in [6.45, 7) is 6.62. The molecule has 0 atom stereocenters. The molecule has 4 aromatic rings. The summed E-state index contributed by atoms with van der Waals surface area (Å²) in [6, 6.07) is 20.1. The van der Waals surface area contributed by atoms with Crippen molar-refractivity contribution in [1.29, 1.82) is 0 Å². The van der Waals surface area contributed by atoms with Crippen LogP contribution in [-0.4, -0.2) is 15.9 Å². The van der Waals surface area contributed by atoms with Gasteiger partial charge in [0.1, 0.15) is 0 Å². The Morgan fingerprint density at radius 1 is 0.735 bits per heavy atom. The number of benzene rings is 2. The summed E-state index contributed by atoms with van der Waals surface area (Å²) in [4.78, 5) is 18.2. The predicted octanol–water partition coefficient (Wildman–Crippen LogP) is 3.30. The molecule has 0 N–H and O–H groups in total. The van der Waals surface area contributed by atoms with Gasteiger partial charge < -0.3 is 20.1 Å². The Hall–Kier alpha value is -3.67. The molecule has 0 aliphatic heterocycles. The second kappa shape index (κ2) is 11.5. The Morgan fingerprint density at radius 3 is 1.74 bits per heavy atom. The molecule has 0 unspecified atom stereocenters. The summed E-state index contributed by atoms with van der Waals surface area (Å²) in [5, 5.41) is 33.9. The van der Waals surface area contributed by atoms with Crippen LogP contribution in [0.15, 0.2) is 66.7 Å². The first-order valence-electron chi connectivity index (χ1n) is 10.3. The zero-order valence-corrected chi connectivity index (χ0v) is 20.4. The van der Waals surface area contributed by atoms with Gasteiger partial charge in [0.25, 0.3) is 0 Å². The quantitative estimate of drug-likeness (QED) is 0.404. The standard InChI is InChI=1S/C25H22N2O2.C2H4O2.Mn/c1-15-10-12-18(24(28)14-15)20-6-4-8-22(26-20)23-9-5-7-21(27-23)19-13-11-16(2)17(3)25(19)29;1-2(3)4;/h4-14,28-29H,1-3H3;1H3,(H,3,4);/q;;+3/p-3. The summed E-state index contributed by atoms with van der Waals surface area (Å²) in [6.07, 6.45) is 0. The van der Waals surface area contributed by atoms with E-state index in [1.807, 2.05) is 75.4 Å². The molecule has 2 aromatic carbocycles. The number of aryl methyl sites for hydroxylation is 2. The zero-order valence-electron chi connectivity index (χ0n) is 19.3. The molecule has 6 nitrogen and oxygen atoms in total. The molecule has 7 heteroatoms. The number of rotatable bonds is 3. The van der Waals surface area contributed by atoms with E-state index in [2.05, 4.69) is 9.97 Å². The molecule has 2 aromatic heterocycles. The van der Waals surface area contributed by atoms with Gasteiger partial charge in [0.05, 0.1) is 22.8 Å².